The SMILES string of the molecule is COC(=O)/C(C1=C(O)COC1=O)=C(\C(=O)OC)[n+]1cccc2ccccc21. The summed E-state index contributed by atoms with van der Waals surface area (Å²) in [6, 6.07) is 10.6. The van der Waals surface area contributed by atoms with Gasteiger partial charge in [-0.05, 0) is 12.1 Å². The van der Waals surface area contributed by atoms with Crippen LogP contribution in [0, 0.1) is 0 Å². The Morgan fingerprint density at radius 1 is 1.07 bits per heavy atom. The second kappa shape index (κ2) is 7.28. The Kier molecular flexibility index (Phi) is 4.89. The van der Waals surface area contributed by atoms with Gasteiger partial charge in [-0.1, -0.05) is 12.1 Å². The van der Waals surface area contributed by atoms with Gasteiger partial charge in [-0.15, -0.1) is 0 Å². The molecule has 0 amide bonds. The number of fused-ring (bicyclic) bond motifs is 1. The molecule has 138 valence electrons. The van der Waals surface area contributed by atoms with E-state index >= 15 is 0 Å². The largest absolute Gasteiger partial charge is 0.508 e. The number of esters is 3. The van der Waals surface area contributed by atoms with E-state index in [9.17, 15) is 19.5 Å². The zero-order valence-corrected chi connectivity index (χ0v) is 14.6. The molecule has 1 N–H and O–H groups in total. The van der Waals surface area contributed by atoms with Gasteiger partial charge in [-0.25, -0.2) is 14.4 Å². The molecule has 27 heavy (non-hydrogen) atoms. The van der Waals surface area contributed by atoms with Crippen LogP contribution in [-0.4, -0.2) is 43.8 Å². The van der Waals surface area contributed by atoms with Crippen LogP contribution in [0.3, 0.4) is 0 Å². The number of hydrogen-bond acceptors (Lipinski definition) is 7. The molecular weight excluding hydrogens is 354 g/mol. The summed E-state index contributed by atoms with van der Waals surface area (Å²) >= 11 is 0. The van der Waals surface area contributed by atoms with Crippen molar-refractivity contribution in [3.05, 3.63) is 59.5 Å². The summed E-state index contributed by atoms with van der Waals surface area (Å²) < 4.78 is 15.8. The highest BCUT2D eigenvalue weighted by atomic mass is 16.6. The number of methoxy groups -OCH3 is 2. The topological polar surface area (TPSA) is 103 Å². The van der Waals surface area contributed by atoms with Gasteiger partial charge in [-0.3, -0.25) is 0 Å². The fourth-order valence-electron chi connectivity index (χ4n) is 2.84. The molecule has 0 saturated carbocycles. The molecule has 2 aromatic rings. The van der Waals surface area contributed by atoms with Crippen molar-refractivity contribution in [3.8, 4) is 0 Å². The molecule has 1 aromatic heterocycles. The second-order valence-electron chi connectivity index (χ2n) is 5.54. The molecule has 1 aliphatic rings. The van der Waals surface area contributed by atoms with E-state index in [0.29, 0.717) is 5.52 Å². The van der Waals surface area contributed by atoms with Crippen molar-refractivity contribution in [2.75, 3.05) is 20.8 Å². The van der Waals surface area contributed by atoms with E-state index in [4.69, 9.17) is 14.2 Å². The summed E-state index contributed by atoms with van der Waals surface area (Å²) in [5.41, 5.74) is -0.566. The van der Waals surface area contributed by atoms with Crippen molar-refractivity contribution in [1.29, 1.82) is 0 Å². The van der Waals surface area contributed by atoms with Crippen molar-refractivity contribution in [3.63, 3.8) is 0 Å². The molecule has 0 bridgehead atoms. The monoisotopic (exact) mass is 370 g/mol. The number of aliphatic hydroxyl groups excluding tert-OH is 1. The number of aromatic nitrogens is 1. The van der Waals surface area contributed by atoms with Crippen LogP contribution in [0.1, 0.15) is 0 Å². The smallest absolute Gasteiger partial charge is 0.404 e. The van der Waals surface area contributed by atoms with Gasteiger partial charge in [0.05, 0.1) is 14.2 Å². The van der Waals surface area contributed by atoms with Gasteiger partial charge >= 0.3 is 23.6 Å². The van der Waals surface area contributed by atoms with Gasteiger partial charge in [0.15, 0.2) is 11.8 Å². The van der Waals surface area contributed by atoms with E-state index in [2.05, 4.69) is 0 Å². The molecule has 2 heterocycles. The summed E-state index contributed by atoms with van der Waals surface area (Å²) in [7, 11) is 2.24. The first-order valence-corrected chi connectivity index (χ1v) is 7.90. The minimum absolute atomic E-state index is 0.276. The summed E-state index contributed by atoms with van der Waals surface area (Å²) in [4.78, 5) is 37.2. The molecule has 1 aliphatic heterocycles. The maximum absolute atomic E-state index is 12.6. The Bertz CT molecular complexity index is 1010. The molecule has 0 radical (unpaired) electrons. The molecule has 8 heteroatoms. The number of hydrogen-bond donors (Lipinski definition) is 1. The second-order valence-corrected chi connectivity index (χ2v) is 5.54. The molecule has 8 nitrogen and oxygen atoms in total. The van der Waals surface area contributed by atoms with Gasteiger partial charge in [0, 0.05) is 17.5 Å². The Hall–Kier alpha value is -3.68. The maximum Gasteiger partial charge on any atom is 0.404 e. The van der Waals surface area contributed by atoms with Crippen LogP contribution in [0.2, 0.25) is 0 Å². The predicted octanol–water partition coefficient (Wildman–Crippen LogP) is 1.05. The van der Waals surface area contributed by atoms with Gasteiger partial charge in [0.25, 0.3) is 0 Å². The summed E-state index contributed by atoms with van der Waals surface area (Å²) in [5.74, 6) is -3.29. The van der Waals surface area contributed by atoms with Gasteiger partial charge in [-0.2, -0.15) is 4.57 Å². The van der Waals surface area contributed by atoms with Crippen molar-refractivity contribution in [2.45, 2.75) is 0 Å². The third-order valence-corrected chi connectivity index (χ3v) is 4.04. The predicted molar refractivity (Wildman–Crippen MR) is 92.0 cm³/mol. The summed E-state index contributed by atoms with van der Waals surface area (Å²) in [6.45, 7) is -0.399. The Balaban J connectivity index is 2.44. The van der Waals surface area contributed by atoms with E-state index < -0.39 is 41.4 Å². The van der Waals surface area contributed by atoms with Crippen LogP contribution in [0.5, 0.6) is 0 Å². The third-order valence-electron chi connectivity index (χ3n) is 4.04. The number of benzene rings is 1. The quantitative estimate of drug-likeness (QED) is 0.371. The van der Waals surface area contributed by atoms with E-state index in [0.717, 1.165) is 19.6 Å². The number of carbonyl (C=O) groups excluding carboxylic acids is 3. The highest BCUT2D eigenvalue weighted by Gasteiger charge is 2.41. The first-order chi connectivity index (χ1) is 13.0. The molecule has 0 saturated heterocycles. The zero-order chi connectivity index (χ0) is 19.6. The lowest BCUT2D eigenvalue weighted by atomic mass is 10.0. The Labute approximate surface area is 153 Å². The number of pyridine rings is 1. The van der Waals surface area contributed by atoms with Crippen molar-refractivity contribution >= 4 is 34.5 Å². The standard InChI is InChI=1S/C19H15NO7/c1-25-17(22)15(14-13(21)10-27-18(14)23)16(19(24)26-2)20-9-5-7-11-6-3-4-8-12(11)20/h3-9H,10H2,1-2H3/p+1. The Morgan fingerprint density at radius 2 is 1.74 bits per heavy atom. The summed E-state index contributed by atoms with van der Waals surface area (Å²) in [6.07, 6.45) is 1.54. The molecule has 1 aromatic carbocycles. The molecule has 3 rings (SSSR count). The minimum atomic E-state index is -0.990. The number of para-hydroxylation sites is 1. The average Bonchev–Trinajstić information content (AvgIpc) is 3.02. The van der Waals surface area contributed by atoms with Crippen LogP contribution < -0.4 is 4.57 Å². The van der Waals surface area contributed by atoms with Crippen LogP contribution >= 0.6 is 0 Å². The van der Waals surface area contributed by atoms with Crippen molar-refractivity contribution in [2.24, 2.45) is 0 Å². The van der Waals surface area contributed by atoms with Crippen LogP contribution in [0.15, 0.2) is 59.5 Å². The maximum atomic E-state index is 12.6. The third kappa shape index (κ3) is 3.12. The van der Waals surface area contributed by atoms with Crippen LogP contribution in [-0.2, 0) is 28.6 Å². The van der Waals surface area contributed by atoms with Crippen molar-refractivity contribution in [1.82, 2.24) is 0 Å². The average molecular weight is 370 g/mol. The van der Waals surface area contributed by atoms with E-state index in [1.54, 1.807) is 18.2 Å². The number of rotatable bonds is 4. The normalized spacial score (nSPS) is 14.7. The lowest BCUT2D eigenvalue weighted by molar-refractivity contribution is -0.550. The van der Waals surface area contributed by atoms with E-state index in [1.807, 2.05) is 18.2 Å². The number of nitrogens with zero attached hydrogens (tertiary/aromatic N) is 1. The van der Waals surface area contributed by atoms with Crippen molar-refractivity contribution < 1.29 is 38.3 Å². The molecule has 0 atom stereocenters. The lowest BCUT2D eigenvalue weighted by Crippen LogP contribution is -2.40. The van der Waals surface area contributed by atoms with Gasteiger partial charge in [0.1, 0.15) is 17.9 Å². The first kappa shape index (κ1) is 18.1. The lowest BCUT2D eigenvalue weighted by Gasteiger charge is -2.09. The Morgan fingerprint density at radius 3 is 2.37 bits per heavy atom. The number of cyclic esters (lactones) is 1. The van der Waals surface area contributed by atoms with E-state index in [1.165, 1.54) is 10.8 Å². The molecule has 0 unspecified atom stereocenters. The molecule has 0 spiro atoms. The zero-order valence-electron chi connectivity index (χ0n) is 14.6. The highest BCUT2D eigenvalue weighted by molar-refractivity contribution is 6.21. The number of ether oxygens (including phenoxy) is 3. The fraction of sp³-hybridized carbons (Fsp3) is 0.158. The van der Waals surface area contributed by atoms with Crippen LogP contribution in [0.4, 0.5) is 0 Å². The summed E-state index contributed by atoms with van der Waals surface area (Å²) in [5, 5.41) is 10.8. The molecule has 0 fully saturated rings. The van der Waals surface area contributed by atoms with Crippen LogP contribution in [0.25, 0.3) is 16.6 Å². The van der Waals surface area contributed by atoms with Gasteiger partial charge in [0.2, 0.25) is 5.52 Å². The number of carbonyl (C=O) groups is 3. The molecular formula is C19H16NO7+. The minimum Gasteiger partial charge on any atom is -0.508 e. The molecule has 0 aliphatic carbocycles. The fourth-order valence-corrected chi connectivity index (χ4v) is 2.84. The number of aliphatic hydroxyl groups is 1. The van der Waals surface area contributed by atoms with E-state index in [-0.39, 0.29) is 5.70 Å². The first-order valence-electron chi connectivity index (χ1n) is 7.90. The highest BCUT2D eigenvalue weighted by Crippen LogP contribution is 2.27. The van der Waals surface area contributed by atoms with Gasteiger partial charge < -0.3 is 19.3 Å².